The number of rotatable bonds is 4. The summed E-state index contributed by atoms with van der Waals surface area (Å²) in [6.45, 7) is 9.59. The zero-order chi connectivity index (χ0) is 12.3. The zero-order valence-corrected chi connectivity index (χ0v) is 11.0. The number of hydrogen-bond donors (Lipinski definition) is 0. The van der Waals surface area contributed by atoms with E-state index in [1.54, 1.807) is 0 Å². The van der Waals surface area contributed by atoms with E-state index in [2.05, 4.69) is 35.0 Å². The Kier molecular flexibility index (Phi) is 4.00. The average molecular weight is 233 g/mol. The second-order valence-corrected chi connectivity index (χ2v) is 5.36. The molecule has 1 fully saturated rings. The Morgan fingerprint density at radius 2 is 2.41 bits per heavy atom. The molecule has 1 saturated heterocycles. The van der Waals surface area contributed by atoms with Crippen molar-refractivity contribution in [3.05, 3.63) is 30.4 Å². The first-order valence-electron chi connectivity index (χ1n) is 6.48. The minimum Gasteiger partial charge on any atom is -0.338 e. The third kappa shape index (κ3) is 3.43. The predicted molar refractivity (Wildman–Crippen MR) is 70.9 cm³/mol. The van der Waals surface area contributed by atoms with E-state index < -0.39 is 0 Å². The SMILES string of the molecule is C=C(C)CN1CCCC(Cc2nccn2C)C1. The van der Waals surface area contributed by atoms with Crippen molar-refractivity contribution in [1.29, 1.82) is 0 Å². The largest absolute Gasteiger partial charge is 0.338 e. The molecule has 0 bridgehead atoms. The maximum atomic E-state index is 4.42. The zero-order valence-electron chi connectivity index (χ0n) is 11.0. The Bertz CT molecular complexity index is 381. The highest BCUT2D eigenvalue weighted by Gasteiger charge is 2.21. The van der Waals surface area contributed by atoms with Gasteiger partial charge < -0.3 is 4.57 Å². The van der Waals surface area contributed by atoms with Crippen molar-refractivity contribution in [1.82, 2.24) is 14.5 Å². The first kappa shape index (κ1) is 12.4. The van der Waals surface area contributed by atoms with Gasteiger partial charge in [0.25, 0.3) is 0 Å². The minimum atomic E-state index is 0.754. The van der Waals surface area contributed by atoms with E-state index in [0.717, 1.165) is 18.9 Å². The summed E-state index contributed by atoms with van der Waals surface area (Å²) in [5, 5.41) is 0. The molecule has 0 aliphatic carbocycles. The van der Waals surface area contributed by atoms with Crippen LogP contribution in [0.2, 0.25) is 0 Å². The van der Waals surface area contributed by atoms with E-state index in [1.807, 2.05) is 12.4 Å². The van der Waals surface area contributed by atoms with Crippen LogP contribution in [0.15, 0.2) is 24.5 Å². The highest BCUT2D eigenvalue weighted by Crippen LogP contribution is 2.20. The van der Waals surface area contributed by atoms with Gasteiger partial charge >= 0.3 is 0 Å². The average Bonchev–Trinajstić information content (AvgIpc) is 2.64. The number of nitrogens with zero attached hydrogens (tertiary/aromatic N) is 3. The van der Waals surface area contributed by atoms with Crippen LogP contribution < -0.4 is 0 Å². The van der Waals surface area contributed by atoms with Gasteiger partial charge in [-0.2, -0.15) is 0 Å². The molecular weight excluding hydrogens is 210 g/mol. The molecule has 1 aromatic heterocycles. The van der Waals surface area contributed by atoms with Crippen molar-refractivity contribution in [2.45, 2.75) is 26.2 Å². The highest BCUT2D eigenvalue weighted by atomic mass is 15.1. The van der Waals surface area contributed by atoms with Gasteiger partial charge in [-0.3, -0.25) is 4.90 Å². The van der Waals surface area contributed by atoms with Gasteiger partial charge in [0.1, 0.15) is 5.82 Å². The summed E-state index contributed by atoms with van der Waals surface area (Å²) in [4.78, 5) is 6.95. The van der Waals surface area contributed by atoms with E-state index in [1.165, 1.54) is 37.3 Å². The lowest BCUT2D eigenvalue weighted by Gasteiger charge is -2.32. The number of hydrogen-bond acceptors (Lipinski definition) is 2. The molecule has 17 heavy (non-hydrogen) atoms. The summed E-state index contributed by atoms with van der Waals surface area (Å²) in [6.07, 6.45) is 7.67. The summed E-state index contributed by atoms with van der Waals surface area (Å²) >= 11 is 0. The van der Waals surface area contributed by atoms with Crippen molar-refractivity contribution >= 4 is 0 Å². The lowest BCUT2D eigenvalue weighted by atomic mass is 9.94. The third-order valence-electron chi connectivity index (χ3n) is 3.49. The summed E-state index contributed by atoms with van der Waals surface area (Å²) < 4.78 is 2.14. The maximum absolute atomic E-state index is 4.42. The summed E-state index contributed by atoms with van der Waals surface area (Å²) in [5.41, 5.74) is 1.27. The Morgan fingerprint density at radius 1 is 1.59 bits per heavy atom. The number of imidazole rings is 1. The fourth-order valence-electron chi connectivity index (χ4n) is 2.69. The first-order valence-corrected chi connectivity index (χ1v) is 6.48. The Morgan fingerprint density at radius 3 is 3.06 bits per heavy atom. The van der Waals surface area contributed by atoms with E-state index in [-0.39, 0.29) is 0 Å². The van der Waals surface area contributed by atoms with Gasteiger partial charge in [-0.15, -0.1) is 0 Å². The first-order chi connectivity index (χ1) is 8.15. The van der Waals surface area contributed by atoms with Gasteiger partial charge in [0.2, 0.25) is 0 Å². The van der Waals surface area contributed by atoms with Crippen LogP contribution in [-0.4, -0.2) is 34.1 Å². The summed E-state index contributed by atoms with van der Waals surface area (Å²) in [6, 6.07) is 0. The Balaban J connectivity index is 1.89. The molecule has 3 heteroatoms. The van der Waals surface area contributed by atoms with Gasteiger partial charge in [-0.1, -0.05) is 12.2 Å². The van der Waals surface area contributed by atoms with Gasteiger partial charge in [0.15, 0.2) is 0 Å². The van der Waals surface area contributed by atoms with Crippen LogP contribution >= 0.6 is 0 Å². The molecule has 1 aliphatic heterocycles. The number of aromatic nitrogens is 2. The maximum Gasteiger partial charge on any atom is 0.108 e. The minimum absolute atomic E-state index is 0.754. The molecule has 2 rings (SSSR count). The molecule has 94 valence electrons. The molecule has 3 nitrogen and oxygen atoms in total. The highest BCUT2D eigenvalue weighted by molar-refractivity contribution is 4.96. The molecule has 0 spiro atoms. The third-order valence-corrected chi connectivity index (χ3v) is 3.49. The second-order valence-electron chi connectivity index (χ2n) is 5.36. The van der Waals surface area contributed by atoms with Crippen LogP contribution in [0.1, 0.15) is 25.6 Å². The number of piperidine rings is 1. The number of likely N-dealkylation sites (tertiary alicyclic amines) is 1. The quantitative estimate of drug-likeness (QED) is 0.744. The van der Waals surface area contributed by atoms with Crippen LogP contribution in [0.5, 0.6) is 0 Å². The molecule has 0 saturated carbocycles. The summed E-state index contributed by atoms with van der Waals surface area (Å²) in [7, 11) is 2.08. The Hall–Kier alpha value is -1.09. The predicted octanol–water partition coefficient (Wildman–Crippen LogP) is 2.25. The molecule has 0 aromatic carbocycles. The molecule has 0 amide bonds. The van der Waals surface area contributed by atoms with Crippen molar-refractivity contribution in [3.8, 4) is 0 Å². The smallest absolute Gasteiger partial charge is 0.108 e. The lowest BCUT2D eigenvalue weighted by Crippen LogP contribution is -2.37. The monoisotopic (exact) mass is 233 g/mol. The van der Waals surface area contributed by atoms with Crippen LogP contribution in [0.3, 0.4) is 0 Å². The van der Waals surface area contributed by atoms with Crippen LogP contribution in [0, 0.1) is 5.92 Å². The fourth-order valence-corrected chi connectivity index (χ4v) is 2.69. The molecule has 0 radical (unpaired) electrons. The van der Waals surface area contributed by atoms with Gasteiger partial charge in [-0.05, 0) is 32.2 Å². The lowest BCUT2D eigenvalue weighted by molar-refractivity contribution is 0.185. The Labute approximate surface area is 104 Å². The second kappa shape index (κ2) is 5.50. The molecule has 1 atom stereocenters. The molecule has 1 aliphatic rings. The molecular formula is C14H23N3. The fraction of sp³-hybridized carbons (Fsp3) is 0.643. The van der Waals surface area contributed by atoms with Gasteiger partial charge in [0.05, 0.1) is 0 Å². The summed E-state index contributed by atoms with van der Waals surface area (Å²) in [5.74, 6) is 1.97. The van der Waals surface area contributed by atoms with Crippen molar-refractivity contribution in [3.63, 3.8) is 0 Å². The van der Waals surface area contributed by atoms with E-state index in [0.29, 0.717) is 0 Å². The van der Waals surface area contributed by atoms with E-state index >= 15 is 0 Å². The van der Waals surface area contributed by atoms with Crippen molar-refractivity contribution in [2.24, 2.45) is 13.0 Å². The number of aryl methyl sites for hydroxylation is 1. The van der Waals surface area contributed by atoms with Crippen LogP contribution in [0.4, 0.5) is 0 Å². The van der Waals surface area contributed by atoms with Crippen molar-refractivity contribution in [2.75, 3.05) is 19.6 Å². The standard InChI is InChI=1S/C14H23N3/c1-12(2)10-17-7-4-5-13(11-17)9-14-15-6-8-16(14)3/h6,8,13H,1,4-5,7,9-11H2,2-3H3. The van der Waals surface area contributed by atoms with E-state index in [4.69, 9.17) is 0 Å². The van der Waals surface area contributed by atoms with Gasteiger partial charge in [-0.25, -0.2) is 4.98 Å². The van der Waals surface area contributed by atoms with Crippen LogP contribution in [0.25, 0.3) is 0 Å². The van der Waals surface area contributed by atoms with Gasteiger partial charge in [0, 0.05) is 39.0 Å². The molecule has 0 N–H and O–H groups in total. The van der Waals surface area contributed by atoms with Crippen LogP contribution in [-0.2, 0) is 13.5 Å². The van der Waals surface area contributed by atoms with Crippen molar-refractivity contribution < 1.29 is 0 Å². The molecule has 1 unspecified atom stereocenters. The topological polar surface area (TPSA) is 21.1 Å². The molecule has 1 aromatic rings. The normalized spacial score (nSPS) is 21.6. The molecule has 2 heterocycles. The van der Waals surface area contributed by atoms with E-state index in [9.17, 15) is 0 Å².